The van der Waals surface area contributed by atoms with Crippen molar-refractivity contribution in [3.63, 3.8) is 0 Å². The molecule has 2 aromatic rings. The molecule has 0 heterocycles. The Morgan fingerprint density at radius 1 is 1.15 bits per heavy atom. The minimum atomic E-state index is -1.29. The van der Waals surface area contributed by atoms with Gasteiger partial charge in [-0.25, -0.2) is 0 Å². The third-order valence-electron chi connectivity index (χ3n) is 4.59. The number of aryl methyl sites for hydroxylation is 1. The highest BCUT2D eigenvalue weighted by Crippen LogP contribution is 2.26. The number of aliphatic hydroxyl groups is 1. The van der Waals surface area contributed by atoms with Gasteiger partial charge >= 0.3 is 0 Å². The molecular formula is C21H30N2O3S. The van der Waals surface area contributed by atoms with Crippen LogP contribution in [0.4, 0.5) is 5.69 Å². The van der Waals surface area contributed by atoms with Crippen molar-refractivity contribution in [2.24, 2.45) is 0 Å². The van der Waals surface area contributed by atoms with E-state index in [0.717, 1.165) is 25.9 Å². The SMILES string of the molecule is Cc1ccc(N(C)CCCCNCC(O)c2ccc(O)c([S+](C)[O-])c2)cc1. The predicted octanol–water partition coefficient (Wildman–Crippen LogP) is 2.98. The van der Waals surface area contributed by atoms with Crippen LogP contribution in [0.5, 0.6) is 5.75 Å². The van der Waals surface area contributed by atoms with Gasteiger partial charge < -0.3 is 25.0 Å². The third-order valence-corrected chi connectivity index (χ3v) is 5.53. The maximum absolute atomic E-state index is 11.6. The van der Waals surface area contributed by atoms with Crippen LogP contribution in [0, 0.1) is 6.92 Å². The number of aliphatic hydroxyl groups excluding tert-OH is 1. The van der Waals surface area contributed by atoms with Crippen LogP contribution in [0.15, 0.2) is 47.4 Å². The average Bonchev–Trinajstić information content (AvgIpc) is 2.64. The summed E-state index contributed by atoms with van der Waals surface area (Å²) in [6.45, 7) is 4.32. The fourth-order valence-corrected chi connectivity index (χ4v) is 3.52. The van der Waals surface area contributed by atoms with E-state index in [-0.39, 0.29) is 5.75 Å². The molecule has 0 radical (unpaired) electrons. The fourth-order valence-electron chi connectivity index (χ4n) is 2.85. The van der Waals surface area contributed by atoms with Gasteiger partial charge in [-0.15, -0.1) is 0 Å². The first-order valence-corrected chi connectivity index (χ1v) is 10.8. The molecule has 0 fully saturated rings. The highest BCUT2D eigenvalue weighted by Gasteiger charge is 2.15. The zero-order valence-electron chi connectivity index (χ0n) is 16.3. The molecule has 2 atom stereocenters. The second-order valence-corrected chi connectivity index (χ2v) is 8.21. The number of nitrogens with zero attached hydrogens (tertiary/aromatic N) is 1. The van der Waals surface area contributed by atoms with Crippen LogP contribution in [0.1, 0.15) is 30.1 Å². The lowest BCUT2D eigenvalue weighted by Gasteiger charge is -2.19. The molecule has 0 bridgehead atoms. The number of hydrogen-bond donors (Lipinski definition) is 3. The Morgan fingerprint density at radius 3 is 2.52 bits per heavy atom. The van der Waals surface area contributed by atoms with Crippen molar-refractivity contribution in [3.05, 3.63) is 53.6 Å². The fraction of sp³-hybridized carbons (Fsp3) is 0.429. The van der Waals surface area contributed by atoms with Gasteiger partial charge in [0.15, 0.2) is 10.6 Å². The molecule has 3 N–H and O–H groups in total. The second kappa shape index (κ2) is 10.6. The molecule has 0 aliphatic rings. The number of phenolic OH excluding ortho intramolecular Hbond substituents is 1. The van der Waals surface area contributed by atoms with Crippen molar-refractivity contribution in [1.82, 2.24) is 5.32 Å². The Hall–Kier alpha value is -1.73. The maximum Gasteiger partial charge on any atom is 0.194 e. The molecule has 27 heavy (non-hydrogen) atoms. The van der Waals surface area contributed by atoms with E-state index in [4.69, 9.17) is 0 Å². The largest absolute Gasteiger partial charge is 0.612 e. The molecule has 0 aliphatic carbocycles. The Kier molecular flexibility index (Phi) is 8.44. The molecule has 148 valence electrons. The van der Waals surface area contributed by atoms with E-state index >= 15 is 0 Å². The number of aromatic hydroxyl groups is 1. The first-order valence-electron chi connectivity index (χ1n) is 9.21. The number of benzene rings is 2. The number of rotatable bonds is 10. The van der Waals surface area contributed by atoms with Gasteiger partial charge in [0, 0.05) is 31.9 Å². The Bertz CT molecular complexity index is 707. The number of phenols is 1. The normalized spacial score (nSPS) is 13.4. The average molecular weight is 391 g/mol. The molecule has 0 saturated carbocycles. The minimum Gasteiger partial charge on any atom is -0.612 e. The summed E-state index contributed by atoms with van der Waals surface area (Å²) in [6.07, 6.45) is 2.90. The van der Waals surface area contributed by atoms with Crippen LogP contribution in [-0.4, -0.2) is 47.7 Å². The van der Waals surface area contributed by atoms with E-state index in [1.165, 1.54) is 23.6 Å². The molecule has 2 unspecified atom stereocenters. The molecular weight excluding hydrogens is 360 g/mol. The summed E-state index contributed by atoms with van der Waals surface area (Å²) in [7, 11) is 2.10. The van der Waals surface area contributed by atoms with Gasteiger partial charge in [0.05, 0.1) is 6.10 Å². The molecule has 6 heteroatoms. The number of unbranched alkanes of at least 4 members (excludes halogenated alkanes) is 1. The lowest BCUT2D eigenvalue weighted by Crippen LogP contribution is -2.24. The van der Waals surface area contributed by atoms with Gasteiger partial charge in [0.2, 0.25) is 0 Å². The van der Waals surface area contributed by atoms with E-state index in [0.29, 0.717) is 17.0 Å². The summed E-state index contributed by atoms with van der Waals surface area (Å²) in [5, 5.41) is 23.2. The molecule has 0 aliphatic heterocycles. The van der Waals surface area contributed by atoms with E-state index in [1.807, 2.05) is 0 Å². The Balaban J connectivity index is 1.68. The minimum absolute atomic E-state index is 0.00237. The molecule has 0 spiro atoms. The van der Waals surface area contributed by atoms with Gasteiger partial charge in [-0.3, -0.25) is 0 Å². The summed E-state index contributed by atoms with van der Waals surface area (Å²) in [5.74, 6) is -0.00237. The Labute approximate surface area is 165 Å². The maximum atomic E-state index is 11.6. The predicted molar refractivity (Wildman–Crippen MR) is 112 cm³/mol. The first kappa shape index (κ1) is 21.6. The number of anilines is 1. The summed E-state index contributed by atoms with van der Waals surface area (Å²) in [6, 6.07) is 13.3. The lowest BCUT2D eigenvalue weighted by atomic mass is 10.1. The molecule has 2 aromatic carbocycles. The topological polar surface area (TPSA) is 78.8 Å². The van der Waals surface area contributed by atoms with Gasteiger partial charge in [-0.2, -0.15) is 0 Å². The van der Waals surface area contributed by atoms with Crippen LogP contribution in [0.3, 0.4) is 0 Å². The van der Waals surface area contributed by atoms with Gasteiger partial charge in [0.1, 0.15) is 6.26 Å². The van der Waals surface area contributed by atoms with Gasteiger partial charge in [-0.05, 0) is 61.2 Å². The highest BCUT2D eigenvalue weighted by molar-refractivity contribution is 7.90. The van der Waals surface area contributed by atoms with Crippen molar-refractivity contribution in [2.45, 2.75) is 30.8 Å². The standard InChI is InChI=1S/C21H30N2O3S/c1-16-6-9-18(10-7-16)23(2)13-5-4-12-22-15-20(25)17-8-11-19(24)21(14-17)27(3)26/h6-11,14,20,22,24-25H,4-5,12-13,15H2,1-3H3. The van der Waals surface area contributed by atoms with Crippen molar-refractivity contribution in [2.75, 3.05) is 37.8 Å². The first-order chi connectivity index (χ1) is 12.9. The van der Waals surface area contributed by atoms with Crippen molar-refractivity contribution in [3.8, 4) is 5.75 Å². The van der Waals surface area contributed by atoms with Gasteiger partial charge in [-0.1, -0.05) is 23.8 Å². The lowest BCUT2D eigenvalue weighted by molar-refractivity contribution is 0.174. The second-order valence-electron chi connectivity index (χ2n) is 6.87. The van der Waals surface area contributed by atoms with Crippen LogP contribution < -0.4 is 10.2 Å². The van der Waals surface area contributed by atoms with Crippen molar-refractivity contribution >= 4 is 16.9 Å². The molecule has 0 aromatic heterocycles. The van der Waals surface area contributed by atoms with Crippen molar-refractivity contribution < 1.29 is 14.8 Å². The van der Waals surface area contributed by atoms with Crippen LogP contribution in [0.25, 0.3) is 0 Å². The molecule has 0 saturated heterocycles. The van der Waals surface area contributed by atoms with Crippen LogP contribution >= 0.6 is 0 Å². The molecule has 0 amide bonds. The summed E-state index contributed by atoms with van der Waals surface area (Å²) in [5.41, 5.74) is 3.14. The molecule has 5 nitrogen and oxygen atoms in total. The van der Waals surface area contributed by atoms with Crippen LogP contribution in [0.2, 0.25) is 0 Å². The smallest absolute Gasteiger partial charge is 0.194 e. The van der Waals surface area contributed by atoms with Crippen LogP contribution in [-0.2, 0) is 11.2 Å². The van der Waals surface area contributed by atoms with Gasteiger partial charge in [0.25, 0.3) is 0 Å². The number of nitrogens with one attached hydrogen (secondary N) is 1. The van der Waals surface area contributed by atoms with E-state index < -0.39 is 17.3 Å². The molecule has 2 rings (SSSR count). The van der Waals surface area contributed by atoms with E-state index in [9.17, 15) is 14.8 Å². The number of hydrogen-bond acceptors (Lipinski definition) is 5. The summed E-state index contributed by atoms with van der Waals surface area (Å²) >= 11 is -1.29. The van der Waals surface area contributed by atoms with E-state index in [1.54, 1.807) is 12.1 Å². The zero-order chi connectivity index (χ0) is 19.8. The highest BCUT2D eigenvalue weighted by atomic mass is 32.2. The van der Waals surface area contributed by atoms with E-state index in [2.05, 4.69) is 48.5 Å². The van der Waals surface area contributed by atoms with Crippen molar-refractivity contribution in [1.29, 1.82) is 0 Å². The Morgan fingerprint density at radius 2 is 1.85 bits per heavy atom. The zero-order valence-corrected chi connectivity index (χ0v) is 17.1. The summed E-state index contributed by atoms with van der Waals surface area (Å²) in [4.78, 5) is 2.60. The monoisotopic (exact) mass is 390 g/mol. The quantitative estimate of drug-likeness (QED) is 0.429. The summed E-state index contributed by atoms with van der Waals surface area (Å²) < 4.78 is 11.6. The third kappa shape index (κ3) is 6.74.